The fourth-order valence-electron chi connectivity index (χ4n) is 4.72. The number of unbranched alkanes of at least 4 members (excludes halogenated alkanes) is 2. The Hall–Kier alpha value is -2.84. The van der Waals surface area contributed by atoms with Crippen LogP contribution in [0.3, 0.4) is 0 Å². The molecule has 0 amide bonds. The maximum absolute atomic E-state index is 10.6. The van der Waals surface area contributed by atoms with Crippen LogP contribution in [-0.4, -0.2) is 46.9 Å². The average Bonchev–Trinajstić information content (AvgIpc) is 2.99. The van der Waals surface area contributed by atoms with Crippen LogP contribution >= 0.6 is 0 Å². The molecule has 0 saturated carbocycles. The first-order chi connectivity index (χ1) is 16.9. The van der Waals surface area contributed by atoms with Crippen molar-refractivity contribution >= 4 is 23.4 Å². The third-order valence-corrected chi connectivity index (χ3v) is 6.32. The molecule has 0 bridgehead atoms. The van der Waals surface area contributed by atoms with E-state index in [0.717, 1.165) is 37.7 Å². The van der Waals surface area contributed by atoms with Gasteiger partial charge >= 0.3 is 12.1 Å². The minimum atomic E-state index is -5.08. The molecule has 2 heterocycles. The molecule has 0 spiro atoms. The first kappa shape index (κ1) is 29.4. The highest BCUT2D eigenvalue weighted by Gasteiger charge is 2.38. The summed E-state index contributed by atoms with van der Waals surface area (Å²) in [6, 6.07) is 4.52. The fraction of sp³-hybridized carbons (Fsp3) is 0.593. The van der Waals surface area contributed by atoms with Crippen molar-refractivity contribution in [2.24, 2.45) is 0 Å². The normalized spacial score (nSPS) is 13.4. The number of nitrogens with zero attached hydrogens (tertiary/aromatic N) is 4. The molecule has 3 rings (SSSR count). The first-order valence-electron chi connectivity index (χ1n) is 12.7. The third kappa shape index (κ3) is 7.58. The minimum absolute atomic E-state index is 0.848. The van der Waals surface area contributed by atoms with Gasteiger partial charge in [0.15, 0.2) is 0 Å². The highest BCUT2D eigenvalue weighted by atomic mass is 19.4. The van der Waals surface area contributed by atoms with E-state index in [1.165, 1.54) is 65.9 Å². The highest BCUT2D eigenvalue weighted by molar-refractivity contribution is 5.73. The van der Waals surface area contributed by atoms with Crippen LogP contribution in [-0.2, 0) is 11.2 Å². The van der Waals surface area contributed by atoms with Gasteiger partial charge in [0.25, 0.3) is 0 Å². The van der Waals surface area contributed by atoms with Crippen molar-refractivity contribution in [1.29, 1.82) is 0 Å². The number of aliphatic carboxylic acids is 1. The van der Waals surface area contributed by atoms with Crippen LogP contribution in [0.25, 0.3) is 0 Å². The van der Waals surface area contributed by atoms with Crippen molar-refractivity contribution in [1.82, 2.24) is 9.97 Å². The van der Waals surface area contributed by atoms with E-state index >= 15 is 0 Å². The van der Waals surface area contributed by atoms with Crippen LogP contribution in [0.1, 0.15) is 73.9 Å². The molecule has 1 aliphatic heterocycles. The van der Waals surface area contributed by atoms with Crippen LogP contribution < -0.4 is 9.80 Å². The number of carboxylic acid groups (broad SMARTS) is 1. The second kappa shape index (κ2) is 12.9. The summed E-state index contributed by atoms with van der Waals surface area (Å²) in [5, 5.41) is 7.12. The lowest BCUT2D eigenvalue weighted by molar-refractivity contribution is -0.192. The second-order valence-corrected chi connectivity index (χ2v) is 9.36. The fourth-order valence-corrected chi connectivity index (χ4v) is 4.72. The van der Waals surface area contributed by atoms with E-state index in [4.69, 9.17) is 19.9 Å². The number of anilines is 3. The summed E-state index contributed by atoms with van der Waals surface area (Å²) in [7, 11) is 0. The Bertz CT molecular complexity index is 1020. The van der Waals surface area contributed by atoms with Crippen molar-refractivity contribution in [3.05, 3.63) is 40.1 Å². The molecule has 9 heteroatoms. The lowest BCUT2D eigenvalue weighted by Gasteiger charge is -2.29. The number of aromatic nitrogens is 2. The molecular weight excluding hydrogens is 469 g/mol. The Balaban J connectivity index is 0.000000572. The third-order valence-electron chi connectivity index (χ3n) is 6.32. The number of hydrogen-bond acceptors (Lipinski definition) is 5. The van der Waals surface area contributed by atoms with Crippen molar-refractivity contribution < 1.29 is 23.1 Å². The standard InChI is InChI=1S/C25H38N4.C2HF3O2/c1-7-9-11-14-28-15-12-10-13-22-21(6)26-25(27-24(22)28)29(8-2)23-19(4)16-18(3)17-20(23)5;3-2(4,5)1(6)7/h16-17H,7-15H2,1-6H3;(H,6,7). The van der Waals surface area contributed by atoms with E-state index in [0.29, 0.717) is 0 Å². The van der Waals surface area contributed by atoms with E-state index < -0.39 is 12.1 Å². The molecule has 2 aromatic rings. The van der Waals surface area contributed by atoms with Gasteiger partial charge in [0.1, 0.15) is 5.82 Å². The van der Waals surface area contributed by atoms with Crippen LogP contribution in [0.2, 0.25) is 0 Å². The summed E-state index contributed by atoms with van der Waals surface area (Å²) in [6.45, 7) is 16.3. The number of carboxylic acids is 1. The number of alkyl halides is 3. The zero-order valence-corrected chi connectivity index (χ0v) is 22.3. The smallest absolute Gasteiger partial charge is 0.475 e. The van der Waals surface area contributed by atoms with Gasteiger partial charge in [0.2, 0.25) is 5.95 Å². The Morgan fingerprint density at radius 1 is 1.06 bits per heavy atom. The van der Waals surface area contributed by atoms with Gasteiger partial charge in [-0.05, 0) is 71.4 Å². The molecule has 36 heavy (non-hydrogen) atoms. The molecule has 6 nitrogen and oxygen atoms in total. The molecule has 0 unspecified atom stereocenters. The number of benzene rings is 1. The van der Waals surface area contributed by atoms with E-state index in [2.05, 4.69) is 63.5 Å². The molecule has 0 radical (unpaired) electrons. The molecule has 1 aromatic carbocycles. The van der Waals surface area contributed by atoms with Gasteiger partial charge in [-0.2, -0.15) is 18.2 Å². The van der Waals surface area contributed by atoms with Crippen LogP contribution in [0.15, 0.2) is 12.1 Å². The summed E-state index contributed by atoms with van der Waals surface area (Å²) < 4.78 is 31.7. The van der Waals surface area contributed by atoms with Gasteiger partial charge in [0, 0.05) is 36.6 Å². The summed E-state index contributed by atoms with van der Waals surface area (Å²) >= 11 is 0. The van der Waals surface area contributed by atoms with Gasteiger partial charge < -0.3 is 14.9 Å². The number of halogens is 3. The zero-order valence-electron chi connectivity index (χ0n) is 22.3. The Kier molecular flexibility index (Phi) is 10.5. The Morgan fingerprint density at radius 3 is 2.19 bits per heavy atom. The van der Waals surface area contributed by atoms with Crippen LogP contribution in [0.5, 0.6) is 0 Å². The lowest BCUT2D eigenvalue weighted by Crippen LogP contribution is -2.28. The summed E-state index contributed by atoms with van der Waals surface area (Å²) in [6.07, 6.45) is 2.26. The van der Waals surface area contributed by atoms with E-state index in [1.54, 1.807) is 0 Å². The highest BCUT2D eigenvalue weighted by Crippen LogP contribution is 2.34. The predicted molar refractivity (Wildman–Crippen MR) is 138 cm³/mol. The van der Waals surface area contributed by atoms with Crippen molar-refractivity contribution in [3.63, 3.8) is 0 Å². The van der Waals surface area contributed by atoms with E-state index in [-0.39, 0.29) is 0 Å². The van der Waals surface area contributed by atoms with Gasteiger partial charge in [-0.3, -0.25) is 0 Å². The maximum atomic E-state index is 10.6. The molecule has 0 atom stereocenters. The largest absolute Gasteiger partial charge is 0.490 e. The summed E-state index contributed by atoms with van der Waals surface area (Å²) in [5.74, 6) is -0.726. The predicted octanol–water partition coefficient (Wildman–Crippen LogP) is 6.83. The molecule has 1 aromatic heterocycles. The van der Waals surface area contributed by atoms with Crippen molar-refractivity contribution in [2.45, 2.75) is 86.2 Å². The van der Waals surface area contributed by atoms with Gasteiger partial charge in [-0.25, -0.2) is 9.78 Å². The molecule has 0 fully saturated rings. The number of aryl methyl sites for hydroxylation is 4. The minimum Gasteiger partial charge on any atom is -0.475 e. The maximum Gasteiger partial charge on any atom is 0.490 e. The van der Waals surface area contributed by atoms with Gasteiger partial charge in [0.05, 0.1) is 0 Å². The van der Waals surface area contributed by atoms with Crippen LogP contribution in [0.4, 0.5) is 30.6 Å². The molecular formula is C27H39F3N4O2. The second-order valence-electron chi connectivity index (χ2n) is 9.36. The van der Waals surface area contributed by atoms with Crippen molar-refractivity contribution in [3.8, 4) is 0 Å². The zero-order chi connectivity index (χ0) is 27.0. The molecule has 1 N–H and O–H groups in total. The topological polar surface area (TPSA) is 69.6 Å². The average molecular weight is 509 g/mol. The first-order valence-corrected chi connectivity index (χ1v) is 12.7. The number of carbonyl (C=O) groups is 1. The number of hydrogen-bond donors (Lipinski definition) is 1. The molecule has 1 aliphatic rings. The van der Waals surface area contributed by atoms with Crippen molar-refractivity contribution in [2.75, 3.05) is 29.4 Å². The summed E-state index contributed by atoms with van der Waals surface area (Å²) in [4.78, 5) is 23.9. The lowest BCUT2D eigenvalue weighted by atomic mass is 10.0. The SMILES string of the molecule is CCCCCN1CCCCc2c(C)nc(N(CC)c3c(C)cc(C)cc3C)nc21.O=C(O)C(F)(F)F. The van der Waals surface area contributed by atoms with Gasteiger partial charge in [-0.15, -0.1) is 0 Å². The monoisotopic (exact) mass is 508 g/mol. The molecule has 0 saturated heterocycles. The van der Waals surface area contributed by atoms with Gasteiger partial charge in [-0.1, -0.05) is 37.5 Å². The number of fused-ring (bicyclic) bond motifs is 1. The number of rotatable bonds is 7. The van der Waals surface area contributed by atoms with Crippen LogP contribution in [0, 0.1) is 27.7 Å². The molecule has 200 valence electrons. The summed E-state index contributed by atoms with van der Waals surface area (Å²) in [5.41, 5.74) is 7.65. The quantitative estimate of drug-likeness (QED) is 0.413. The molecule has 0 aliphatic carbocycles. The van der Waals surface area contributed by atoms with E-state index in [1.807, 2.05) is 0 Å². The van der Waals surface area contributed by atoms with E-state index in [9.17, 15) is 13.2 Å². The Labute approximate surface area is 212 Å². The Morgan fingerprint density at radius 2 is 1.67 bits per heavy atom.